The Bertz CT molecular complexity index is 366. The van der Waals surface area contributed by atoms with Gasteiger partial charge in [0.2, 0.25) is 0 Å². The molecule has 2 rings (SSSR count). The van der Waals surface area contributed by atoms with Crippen LogP contribution in [-0.2, 0) is 10.8 Å². The van der Waals surface area contributed by atoms with E-state index < -0.39 is 10.8 Å². The molecule has 1 aromatic rings. The number of hydrogen-bond acceptors (Lipinski definition) is 3. The van der Waals surface area contributed by atoms with Gasteiger partial charge in [-0.1, -0.05) is 6.07 Å². The van der Waals surface area contributed by atoms with Gasteiger partial charge in [-0.15, -0.1) is 0 Å². The van der Waals surface area contributed by atoms with Gasteiger partial charge in [-0.05, 0) is 54.0 Å². The third-order valence-electron chi connectivity index (χ3n) is 2.48. The summed E-state index contributed by atoms with van der Waals surface area (Å²) in [4.78, 5) is 4.24. The number of pyridine rings is 1. The minimum Gasteiger partial charge on any atom is -0.317 e. The number of nitrogens with one attached hydrogen (secondary N) is 1. The second kappa shape index (κ2) is 5.18. The SMILES string of the molecule is O=[S@](c1cccc(Br)n1)C1CCNCC1. The van der Waals surface area contributed by atoms with Crippen LogP contribution in [0.2, 0.25) is 0 Å². The van der Waals surface area contributed by atoms with Crippen molar-refractivity contribution in [3.63, 3.8) is 0 Å². The summed E-state index contributed by atoms with van der Waals surface area (Å²) in [6, 6.07) is 5.57. The van der Waals surface area contributed by atoms with Crippen LogP contribution in [0.5, 0.6) is 0 Å². The maximum Gasteiger partial charge on any atom is 0.128 e. The summed E-state index contributed by atoms with van der Waals surface area (Å²) in [6.45, 7) is 1.93. The van der Waals surface area contributed by atoms with Crippen LogP contribution in [0.4, 0.5) is 0 Å². The molecule has 2 heterocycles. The Morgan fingerprint density at radius 3 is 2.80 bits per heavy atom. The highest BCUT2D eigenvalue weighted by molar-refractivity contribution is 9.10. The summed E-state index contributed by atoms with van der Waals surface area (Å²) < 4.78 is 12.9. The van der Waals surface area contributed by atoms with Crippen LogP contribution in [0.25, 0.3) is 0 Å². The van der Waals surface area contributed by atoms with Crippen molar-refractivity contribution in [2.24, 2.45) is 0 Å². The predicted molar refractivity (Wildman–Crippen MR) is 64.2 cm³/mol. The Morgan fingerprint density at radius 1 is 1.40 bits per heavy atom. The molecule has 1 N–H and O–H groups in total. The third kappa shape index (κ3) is 2.86. The molecule has 82 valence electrons. The van der Waals surface area contributed by atoms with Gasteiger partial charge >= 0.3 is 0 Å². The van der Waals surface area contributed by atoms with Gasteiger partial charge in [-0.25, -0.2) is 4.98 Å². The lowest BCUT2D eigenvalue weighted by atomic mass is 10.2. The lowest BCUT2D eigenvalue weighted by Gasteiger charge is -2.21. The van der Waals surface area contributed by atoms with E-state index in [1.54, 1.807) is 0 Å². The van der Waals surface area contributed by atoms with E-state index in [4.69, 9.17) is 0 Å². The van der Waals surface area contributed by atoms with Gasteiger partial charge in [0.15, 0.2) is 0 Å². The molecule has 0 aromatic carbocycles. The molecule has 5 heteroatoms. The van der Waals surface area contributed by atoms with Gasteiger partial charge < -0.3 is 5.32 Å². The number of nitrogens with zero attached hydrogens (tertiary/aromatic N) is 1. The van der Waals surface area contributed by atoms with Crippen molar-refractivity contribution in [3.8, 4) is 0 Å². The molecule has 0 radical (unpaired) electrons. The van der Waals surface area contributed by atoms with Crippen molar-refractivity contribution in [2.75, 3.05) is 13.1 Å². The monoisotopic (exact) mass is 288 g/mol. The first-order valence-corrected chi connectivity index (χ1v) is 7.02. The molecule has 0 spiro atoms. The number of aromatic nitrogens is 1. The highest BCUT2D eigenvalue weighted by Gasteiger charge is 2.21. The van der Waals surface area contributed by atoms with Gasteiger partial charge in [-0.3, -0.25) is 4.21 Å². The number of halogens is 1. The van der Waals surface area contributed by atoms with Crippen LogP contribution in [0, 0.1) is 0 Å². The molecule has 1 fully saturated rings. The average molecular weight is 289 g/mol. The molecule has 0 saturated carbocycles. The molecule has 15 heavy (non-hydrogen) atoms. The van der Waals surface area contributed by atoms with Gasteiger partial charge in [0.1, 0.15) is 9.63 Å². The van der Waals surface area contributed by atoms with E-state index in [9.17, 15) is 4.21 Å². The molecule has 1 aromatic heterocycles. The van der Waals surface area contributed by atoms with Crippen molar-refractivity contribution in [3.05, 3.63) is 22.8 Å². The molecular formula is C10H13BrN2OS. The largest absolute Gasteiger partial charge is 0.317 e. The highest BCUT2D eigenvalue weighted by atomic mass is 79.9. The van der Waals surface area contributed by atoms with Gasteiger partial charge in [0.05, 0.1) is 10.8 Å². The Morgan fingerprint density at radius 2 is 2.13 bits per heavy atom. The van der Waals surface area contributed by atoms with Crippen LogP contribution in [-0.4, -0.2) is 27.5 Å². The van der Waals surface area contributed by atoms with Gasteiger partial charge in [0, 0.05) is 5.25 Å². The quantitative estimate of drug-likeness (QED) is 0.843. The second-order valence-electron chi connectivity index (χ2n) is 3.55. The van der Waals surface area contributed by atoms with Gasteiger partial charge in [-0.2, -0.15) is 0 Å². The second-order valence-corrected chi connectivity index (χ2v) is 6.04. The Labute approximate surface area is 100 Å². The predicted octanol–water partition coefficient (Wildman–Crippen LogP) is 1.70. The first kappa shape index (κ1) is 11.2. The van der Waals surface area contributed by atoms with E-state index in [0.29, 0.717) is 5.03 Å². The zero-order chi connectivity index (χ0) is 10.7. The van der Waals surface area contributed by atoms with E-state index in [2.05, 4.69) is 26.2 Å². The van der Waals surface area contributed by atoms with Crippen molar-refractivity contribution in [1.82, 2.24) is 10.3 Å². The Kier molecular flexibility index (Phi) is 3.88. The summed E-state index contributed by atoms with van der Waals surface area (Å²) in [7, 11) is -0.961. The molecule has 1 aliphatic rings. The van der Waals surface area contributed by atoms with Crippen LogP contribution in [0.3, 0.4) is 0 Å². The van der Waals surface area contributed by atoms with Crippen LogP contribution < -0.4 is 5.32 Å². The molecule has 3 nitrogen and oxygen atoms in total. The maximum absolute atomic E-state index is 12.2. The zero-order valence-corrected chi connectivity index (χ0v) is 10.7. The molecule has 0 bridgehead atoms. The Balaban J connectivity index is 2.12. The van der Waals surface area contributed by atoms with Crippen LogP contribution in [0.1, 0.15) is 12.8 Å². The Hall–Kier alpha value is -0.260. The fraction of sp³-hybridized carbons (Fsp3) is 0.500. The first-order valence-electron chi connectivity index (χ1n) is 5.01. The van der Waals surface area contributed by atoms with Crippen LogP contribution >= 0.6 is 15.9 Å². The summed E-state index contributed by atoms with van der Waals surface area (Å²) in [5, 5.41) is 4.22. The number of hydrogen-bond donors (Lipinski definition) is 1. The fourth-order valence-electron chi connectivity index (χ4n) is 1.68. The lowest BCUT2D eigenvalue weighted by Crippen LogP contribution is -2.33. The van der Waals surface area contributed by atoms with E-state index in [1.807, 2.05) is 18.2 Å². The van der Waals surface area contributed by atoms with Crippen molar-refractivity contribution in [1.29, 1.82) is 0 Å². The van der Waals surface area contributed by atoms with E-state index in [-0.39, 0.29) is 5.25 Å². The molecule has 1 aliphatic heterocycles. The smallest absolute Gasteiger partial charge is 0.128 e. The fourth-order valence-corrected chi connectivity index (χ4v) is 3.55. The highest BCUT2D eigenvalue weighted by Crippen LogP contribution is 2.18. The molecule has 1 saturated heterocycles. The zero-order valence-electron chi connectivity index (χ0n) is 8.28. The minimum atomic E-state index is -0.961. The van der Waals surface area contributed by atoms with E-state index in [1.165, 1.54) is 0 Å². The summed E-state index contributed by atoms with van der Waals surface area (Å²) >= 11 is 3.30. The first-order chi connectivity index (χ1) is 7.27. The normalized spacial score (nSPS) is 20.1. The molecule has 0 aliphatic carbocycles. The molecule has 0 amide bonds. The van der Waals surface area contributed by atoms with Gasteiger partial charge in [0.25, 0.3) is 0 Å². The number of piperidine rings is 1. The topological polar surface area (TPSA) is 42.0 Å². The minimum absolute atomic E-state index is 0.257. The molecular weight excluding hydrogens is 276 g/mol. The maximum atomic E-state index is 12.2. The molecule has 1 atom stereocenters. The third-order valence-corrected chi connectivity index (χ3v) is 4.64. The lowest BCUT2D eigenvalue weighted by molar-refractivity contribution is 0.519. The summed E-state index contributed by atoms with van der Waals surface area (Å²) in [5.41, 5.74) is 0. The van der Waals surface area contributed by atoms with Crippen molar-refractivity contribution < 1.29 is 4.21 Å². The van der Waals surface area contributed by atoms with Crippen LogP contribution in [0.15, 0.2) is 27.8 Å². The standard InChI is InChI=1S/C10H13BrN2OS/c11-9-2-1-3-10(13-9)15(14)8-4-6-12-7-5-8/h1-3,8,12H,4-7H2/t15-/m0/s1. The van der Waals surface area contributed by atoms with E-state index >= 15 is 0 Å². The summed E-state index contributed by atoms with van der Waals surface area (Å²) in [5.74, 6) is 0. The van der Waals surface area contributed by atoms with Crippen molar-refractivity contribution >= 4 is 26.7 Å². The summed E-state index contributed by atoms with van der Waals surface area (Å²) in [6.07, 6.45) is 1.95. The van der Waals surface area contributed by atoms with Crippen molar-refractivity contribution in [2.45, 2.75) is 23.1 Å². The average Bonchev–Trinajstić information content (AvgIpc) is 2.29. The van der Waals surface area contributed by atoms with E-state index in [0.717, 1.165) is 30.5 Å². The number of rotatable bonds is 2. The molecule has 0 unspecified atom stereocenters.